The Morgan fingerprint density at radius 1 is 0.900 bits per heavy atom. The molecule has 0 saturated carbocycles. The van der Waals surface area contributed by atoms with Gasteiger partial charge in [0.25, 0.3) is 5.91 Å². The second kappa shape index (κ2) is 9.13. The maximum atomic E-state index is 12.6. The monoisotopic (exact) mass is 407 g/mol. The van der Waals surface area contributed by atoms with Crippen LogP contribution in [0.25, 0.3) is 0 Å². The number of hydrogen-bond acceptors (Lipinski definition) is 7. The molecular weight excluding hydrogens is 382 g/mol. The number of hydrogen-bond donors (Lipinski definition) is 2. The van der Waals surface area contributed by atoms with E-state index < -0.39 is 0 Å². The largest absolute Gasteiger partial charge is 0.497 e. The molecule has 3 aromatic rings. The van der Waals surface area contributed by atoms with Gasteiger partial charge < -0.3 is 25.0 Å². The Labute approximate surface area is 175 Å². The first-order chi connectivity index (χ1) is 14.4. The Morgan fingerprint density at radius 3 is 2.07 bits per heavy atom. The summed E-state index contributed by atoms with van der Waals surface area (Å²) in [7, 11) is 6.95. The Kier molecular flexibility index (Phi) is 6.36. The van der Waals surface area contributed by atoms with Crippen LogP contribution in [0.2, 0.25) is 0 Å². The van der Waals surface area contributed by atoms with Crippen molar-refractivity contribution in [1.82, 2.24) is 9.97 Å². The van der Waals surface area contributed by atoms with Gasteiger partial charge >= 0.3 is 0 Å². The molecule has 1 aromatic heterocycles. The molecule has 1 heterocycles. The van der Waals surface area contributed by atoms with Crippen molar-refractivity contribution in [3.63, 3.8) is 0 Å². The zero-order valence-corrected chi connectivity index (χ0v) is 17.7. The minimum atomic E-state index is -0.255. The van der Waals surface area contributed by atoms with E-state index in [2.05, 4.69) is 20.6 Å². The number of ether oxygens (including phenoxy) is 2. The number of benzene rings is 2. The maximum Gasteiger partial charge on any atom is 0.255 e. The third-order valence-corrected chi connectivity index (χ3v) is 4.31. The maximum absolute atomic E-state index is 12.6. The summed E-state index contributed by atoms with van der Waals surface area (Å²) in [5.74, 6) is 3.05. The van der Waals surface area contributed by atoms with Crippen molar-refractivity contribution in [3.8, 4) is 11.5 Å². The van der Waals surface area contributed by atoms with Crippen LogP contribution in [0.5, 0.6) is 11.5 Å². The van der Waals surface area contributed by atoms with Gasteiger partial charge in [-0.1, -0.05) is 0 Å². The molecule has 0 radical (unpaired) electrons. The third kappa shape index (κ3) is 5.16. The summed E-state index contributed by atoms with van der Waals surface area (Å²) in [5.41, 5.74) is 1.96. The fourth-order valence-corrected chi connectivity index (χ4v) is 2.77. The second-order valence-corrected chi connectivity index (χ2v) is 6.81. The number of aromatic nitrogens is 2. The number of aryl methyl sites for hydroxylation is 1. The van der Waals surface area contributed by atoms with Crippen LogP contribution in [0.4, 0.5) is 23.0 Å². The Morgan fingerprint density at radius 2 is 1.50 bits per heavy atom. The van der Waals surface area contributed by atoms with Gasteiger partial charge in [0.1, 0.15) is 29.0 Å². The van der Waals surface area contributed by atoms with E-state index in [4.69, 9.17) is 9.47 Å². The summed E-state index contributed by atoms with van der Waals surface area (Å²) in [6, 6.07) is 14.3. The zero-order chi connectivity index (χ0) is 21.7. The van der Waals surface area contributed by atoms with E-state index in [9.17, 15) is 4.79 Å². The van der Waals surface area contributed by atoms with Crippen molar-refractivity contribution < 1.29 is 14.3 Å². The molecule has 0 bridgehead atoms. The zero-order valence-electron chi connectivity index (χ0n) is 17.7. The highest BCUT2D eigenvalue weighted by molar-refractivity contribution is 6.04. The molecule has 30 heavy (non-hydrogen) atoms. The SMILES string of the molecule is COc1cc(OC)cc(C(=O)Nc2ccc(Nc3cc(N(C)C)nc(C)n3)cc2)c1. The molecule has 0 saturated heterocycles. The number of nitrogens with zero attached hydrogens (tertiary/aromatic N) is 3. The van der Waals surface area contributed by atoms with E-state index in [1.165, 1.54) is 0 Å². The van der Waals surface area contributed by atoms with Crippen molar-refractivity contribution in [2.45, 2.75) is 6.92 Å². The van der Waals surface area contributed by atoms with E-state index in [0.29, 0.717) is 34.4 Å². The summed E-state index contributed by atoms with van der Waals surface area (Å²) in [4.78, 5) is 23.3. The first kappa shape index (κ1) is 20.9. The van der Waals surface area contributed by atoms with Crippen molar-refractivity contribution >= 4 is 28.9 Å². The van der Waals surface area contributed by atoms with Crippen LogP contribution >= 0.6 is 0 Å². The number of rotatable bonds is 7. The Hall–Kier alpha value is -3.81. The van der Waals surface area contributed by atoms with Gasteiger partial charge in [-0.2, -0.15) is 0 Å². The lowest BCUT2D eigenvalue weighted by atomic mass is 10.1. The Bertz CT molecular complexity index is 1010. The van der Waals surface area contributed by atoms with Gasteiger partial charge in [-0.05, 0) is 43.3 Å². The Balaban J connectivity index is 1.71. The van der Waals surface area contributed by atoms with Gasteiger partial charge in [0.05, 0.1) is 14.2 Å². The van der Waals surface area contributed by atoms with Crippen LogP contribution in [-0.2, 0) is 0 Å². The van der Waals surface area contributed by atoms with Crippen LogP contribution in [0, 0.1) is 6.92 Å². The molecular formula is C22H25N5O3. The van der Waals surface area contributed by atoms with Gasteiger partial charge in [-0.25, -0.2) is 9.97 Å². The van der Waals surface area contributed by atoms with E-state index in [0.717, 1.165) is 11.5 Å². The molecule has 2 N–H and O–H groups in total. The molecule has 0 aliphatic carbocycles. The molecule has 0 aliphatic rings. The van der Waals surface area contributed by atoms with Gasteiger partial charge in [0, 0.05) is 43.2 Å². The number of carbonyl (C=O) groups excluding carboxylic acids is 1. The first-order valence-corrected chi connectivity index (χ1v) is 9.32. The van der Waals surface area contributed by atoms with Crippen molar-refractivity contribution in [3.05, 3.63) is 59.9 Å². The van der Waals surface area contributed by atoms with Crippen LogP contribution in [0.15, 0.2) is 48.5 Å². The molecule has 8 nitrogen and oxygen atoms in total. The summed E-state index contributed by atoms with van der Waals surface area (Å²) < 4.78 is 10.4. The lowest BCUT2D eigenvalue weighted by molar-refractivity contribution is 0.102. The fraction of sp³-hybridized carbons (Fsp3) is 0.227. The van der Waals surface area contributed by atoms with Gasteiger partial charge in [0.2, 0.25) is 0 Å². The van der Waals surface area contributed by atoms with Crippen molar-refractivity contribution in [1.29, 1.82) is 0 Å². The standard InChI is InChI=1S/C22H25N5O3/c1-14-23-20(13-21(24-14)27(2)3)25-16-6-8-17(9-7-16)26-22(28)15-10-18(29-4)12-19(11-15)30-5/h6-13H,1-5H3,(H,26,28)(H,23,24,25). The number of nitrogens with one attached hydrogen (secondary N) is 2. The smallest absolute Gasteiger partial charge is 0.255 e. The quantitative estimate of drug-likeness (QED) is 0.615. The molecule has 0 atom stereocenters. The van der Waals surface area contributed by atoms with Crippen LogP contribution in [0.1, 0.15) is 16.2 Å². The lowest BCUT2D eigenvalue weighted by Gasteiger charge is -2.14. The van der Waals surface area contributed by atoms with Crippen LogP contribution < -0.4 is 25.0 Å². The fourth-order valence-electron chi connectivity index (χ4n) is 2.77. The van der Waals surface area contributed by atoms with Gasteiger partial charge in [-0.3, -0.25) is 4.79 Å². The highest BCUT2D eigenvalue weighted by Gasteiger charge is 2.11. The molecule has 2 aromatic carbocycles. The third-order valence-electron chi connectivity index (χ3n) is 4.31. The average Bonchev–Trinajstić information content (AvgIpc) is 2.74. The minimum absolute atomic E-state index is 0.255. The van der Waals surface area contributed by atoms with Crippen molar-refractivity contribution in [2.75, 3.05) is 43.8 Å². The highest BCUT2D eigenvalue weighted by Crippen LogP contribution is 2.24. The average molecular weight is 407 g/mol. The number of carbonyl (C=O) groups is 1. The van der Waals surface area contributed by atoms with Crippen LogP contribution in [0.3, 0.4) is 0 Å². The molecule has 1 amide bonds. The predicted molar refractivity (Wildman–Crippen MR) is 118 cm³/mol. The van der Waals surface area contributed by atoms with E-state index in [1.54, 1.807) is 32.4 Å². The van der Waals surface area contributed by atoms with E-state index in [1.807, 2.05) is 56.3 Å². The molecule has 3 rings (SSSR count). The number of methoxy groups -OCH3 is 2. The van der Waals surface area contributed by atoms with Crippen LogP contribution in [-0.4, -0.2) is 44.2 Å². The molecule has 156 valence electrons. The summed E-state index contributed by atoms with van der Waals surface area (Å²) in [6.45, 7) is 1.85. The molecule has 0 fully saturated rings. The topological polar surface area (TPSA) is 88.6 Å². The molecule has 0 unspecified atom stereocenters. The number of anilines is 4. The summed E-state index contributed by atoms with van der Waals surface area (Å²) in [6.07, 6.45) is 0. The van der Waals surface area contributed by atoms with Gasteiger partial charge in [-0.15, -0.1) is 0 Å². The summed E-state index contributed by atoms with van der Waals surface area (Å²) >= 11 is 0. The van der Waals surface area contributed by atoms with Crippen molar-refractivity contribution in [2.24, 2.45) is 0 Å². The van der Waals surface area contributed by atoms with Gasteiger partial charge in [0.15, 0.2) is 0 Å². The van der Waals surface area contributed by atoms with E-state index in [-0.39, 0.29) is 5.91 Å². The highest BCUT2D eigenvalue weighted by atomic mass is 16.5. The second-order valence-electron chi connectivity index (χ2n) is 6.81. The first-order valence-electron chi connectivity index (χ1n) is 9.32. The molecule has 8 heteroatoms. The minimum Gasteiger partial charge on any atom is -0.497 e. The predicted octanol–water partition coefficient (Wildman–Crippen LogP) is 3.86. The molecule has 0 spiro atoms. The normalized spacial score (nSPS) is 10.3. The lowest BCUT2D eigenvalue weighted by Crippen LogP contribution is -2.13. The van der Waals surface area contributed by atoms with E-state index >= 15 is 0 Å². The summed E-state index contributed by atoms with van der Waals surface area (Å²) in [5, 5.41) is 6.13. The number of amides is 1. The molecule has 0 aliphatic heterocycles.